The Kier molecular flexibility index (Phi) is 4.52. The molecule has 1 aromatic carbocycles. The van der Waals surface area contributed by atoms with E-state index in [0.717, 1.165) is 16.1 Å². The van der Waals surface area contributed by atoms with E-state index in [1.54, 1.807) is 7.05 Å². The third-order valence-electron chi connectivity index (χ3n) is 4.40. The quantitative estimate of drug-likeness (QED) is 0.574. The van der Waals surface area contributed by atoms with Gasteiger partial charge in [-0.3, -0.25) is 18.8 Å². The van der Waals surface area contributed by atoms with Crippen LogP contribution in [-0.2, 0) is 18.4 Å². The molecule has 0 fully saturated rings. The lowest BCUT2D eigenvalue weighted by atomic mass is 10.1. The lowest BCUT2D eigenvalue weighted by molar-refractivity contribution is -0.116. The van der Waals surface area contributed by atoms with E-state index in [4.69, 9.17) is 0 Å². The second-order valence-electron chi connectivity index (χ2n) is 6.52. The number of benzene rings is 1. The van der Waals surface area contributed by atoms with Crippen molar-refractivity contribution in [1.29, 1.82) is 0 Å². The highest BCUT2D eigenvalue weighted by Crippen LogP contribution is 2.30. The van der Waals surface area contributed by atoms with Crippen LogP contribution in [-0.4, -0.2) is 30.2 Å². The summed E-state index contributed by atoms with van der Waals surface area (Å²) in [4.78, 5) is 34.6. The number of nitrogens with zero attached hydrogens (tertiary/aromatic N) is 5. The van der Waals surface area contributed by atoms with Gasteiger partial charge in [0.1, 0.15) is 18.3 Å². The lowest BCUT2D eigenvalue weighted by Gasteiger charge is -2.05. The zero-order valence-corrected chi connectivity index (χ0v) is 16.4. The van der Waals surface area contributed by atoms with Crippen LogP contribution in [0.4, 0.5) is 5.13 Å². The minimum absolute atomic E-state index is 0.144. The van der Waals surface area contributed by atoms with Gasteiger partial charge in [-0.1, -0.05) is 29.8 Å². The van der Waals surface area contributed by atoms with Crippen molar-refractivity contribution < 1.29 is 4.79 Å². The topological polar surface area (TPSA) is 94.7 Å². The number of thiazole rings is 1. The van der Waals surface area contributed by atoms with Crippen molar-refractivity contribution in [2.45, 2.75) is 20.4 Å². The van der Waals surface area contributed by atoms with Gasteiger partial charge in [0.15, 0.2) is 10.8 Å². The number of anilines is 1. The number of carbonyl (C=O) groups excluding carboxylic acids is 1. The predicted molar refractivity (Wildman–Crippen MR) is 108 cm³/mol. The predicted octanol–water partition coefficient (Wildman–Crippen LogP) is 2.51. The van der Waals surface area contributed by atoms with E-state index in [-0.39, 0.29) is 18.0 Å². The van der Waals surface area contributed by atoms with Gasteiger partial charge < -0.3 is 5.32 Å². The first kappa shape index (κ1) is 18.1. The zero-order valence-electron chi connectivity index (χ0n) is 15.6. The molecule has 4 rings (SSSR count). The monoisotopic (exact) mass is 394 g/mol. The summed E-state index contributed by atoms with van der Waals surface area (Å²) in [6.45, 7) is 3.85. The molecule has 0 saturated heterocycles. The SMILES string of the molecule is Cc1ccc(-c2nc(NC(=O)Cn3cnc4c(cnn4C)c3=O)sc2C)cc1. The maximum absolute atomic E-state index is 12.5. The maximum atomic E-state index is 12.5. The van der Waals surface area contributed by atoms with Crippen LogP contribution in [0.1, 0.15) is 10.4 Å². The standard InChI is InChI=1S/C19H18N6O2S/c1-11-4-6-13(7-5-11)16-12(2)28-19(23-16)22-15(26)9-25-10-20-17-14(18(25)27)8-21-24(17)3/h4-8,10H,9H2,1-3H3,(H,22,23,26). The molecule has 4 aromatic rings. The average molecular weight is 394 g/mol. The third kappa shape index (κ3) is 3.31. The van der Waals surface area contributed by atoms with Gasteiger partial charge in [-0.25, -0.2) is 9.97 Å². The second kappa shape index (κ2) is 7.01. The van der Waals surface area contributed by atoms with Crippen LogP contribution in [0.3, 0.4) is 0 Å². The molecule has 0 bridgehead atoms. The molecule has 0 spiro atoms. The number of aromatic nitrogens is 5. The van der Waals surface area contributed by atoms with Crippen LogP contribution in [0.15, 0.2) is 41.6 Å². The first-order valence-electron chi connectivity index (χ1n) is 8.64. The van der Waals surface area contributed by atoms with Gasteiger partial charge in [-0.2, -0.15) is 5.10 Å². The van der Waals surface area contributed by atoms with Crippen molar-refractivity contribution in [3.05, 3.63) is 57.6 Å². The van der Waals surface area contributed by atoms with Gasteiger partial charge in [-0.05, 0) is 13.8 Å². The van der Waals surface area contributed by atoms with Crippen molar-refractivity contribution in [3.63, 3.8) is 0 Å². The fourth-order valence-electron chi connectivity index (χ4n) is 2.92. The largest absolute Gasteiger partial charge is 0.300 e. The van der Waals surface area contributed by atoms with E-state index in [1.165, 1.54) is 38.7 Å². The van der Waals surface area contributed by atoms with Gasteiger partial charge in [-0.15, -0.1) is 11.3 Å². The molecule has 8 nitrogen and oxygen atoms in total. The minimum Gasteiger partial charge on any atom is -0.300 e. The number of amides is 1. The van der Waals surface area contributed by atoms with E-state index in [1.807, 2.05) is 38.1 Å². The van der Waals surface area contributed by atoms with Crippen LogP contribution in [0.2, 0.25) is 0 Å². The summed E-state index contributed by atoms with van der Waals surface area (Å²) in [5.74, 6) is -0.337. The molecule has 3 aromatic heterocycles. The minimum atomic E-state index is -0.337. The third-order valence-corrected chi connectivity index (χ3v) is 5.29. The van der Waals surface area contributed by atoms with Crippen LogP contribution in [0, 0.1) is 13.8 Å². The molecule has 0 aliphatic rings. The molecular formula is C19H18N6O2S. The number of carbonyl (C=O) groups is 1. The van der Waals surface area contributed by atoms with Gasteiger partial charge >= 0.3 is 0 Å². The van der Waals surface area contributed by atoms with E-state index < -0.39 is 0 Å². The smallest absolute Gasteiger partial charge is 0.264 e. The Morgan fingerprint density at radius 2 is 1.96 bits per heavy atom. The fraction of sp³-hybridized carbons (Fsp3) is 0.211. The summed E-state index contributed by atoms with van der Waals surface area (Å²) >= 11 is 1.40. The van der Waals surface area contributed by atoms with Crippen LogP contribution < -0.4 is 10.9 Å². The van der Waals surface area contributed by atoms with E-state index >= 15 is 0 Å². The van der Waals surface area contributed by atoms with Crippen LogP contribution in [0.25, 0.3) is 22.3 Å². The molecule has 0 atom stereocenters. The number of fused-ring (bicyclic) bond motifs is 1. The molecule has 0 aliphatic heterocycles. The summed E-state index contributed by atoms with van der Waals surface area (Å²) in [5.41, 5.74) is 3.21. The summed E-state index contributed by atoms with van der Waals surface area (Å²) in [7, 11) is 1.71. The normalized spacial score (nSPS) is 11.1. The van der Waals surface area contributed by atoms with E-state index in [0.29, 0.717) is 16.2 Å². The lowest BCUT2D eigenvalue weighted by Crippen LogP contribution is -2.27. The maximum Gasteiger partial charge on any atom is 0.264 e. The first-order valence-corrected chi connectivity index (χ1v) is 9.45. The summed E-state index contributed by atoms with van der Waals surface area (Å²) in [6.07, 6.45) is 2.81. The molecule has 142 valence electrons. The summed E-state index contributed by atoms with van der Waals surface area (Å²) < 4.78 is 2.78. The van der Waals surface area contributed by atoms with Crippen molar-refractivity contribution >= 4 is 33.4 Å². The Morgan fingerprint density at radius 1 is 1.21 bits per heavy atom. The number of rotatable bonds is 4. The first-order chi connectivity index (χ1) is 13.4. The van der Waals surface area contributed by atoms with Gasteiger partial charge in [0.25, 0.3) is 5.56 Å². The van der Waals surface area contributed by atoms with Crippen molar-refractivity contribution in [2.75, 3.05) is 5.32 Å². The molecule has 28 heavy (non-hydrogen) atoms. The Hall–Kier alpha value is -3.33. The summed E-state index contributed by atoms with van der Waals surface area (Å²) in [6, 6.07) is 8.08. The number of hydrogen-bond acceptors (Lipinski definition) is 6. The Labute approximate surface area is 164 Å². The Balaban J connectivity index is 1.53. The fourth-order valence-corrected chi connectivity index (χ4v) is 3.77. The molecule has 0 saturated carbocycles. The molecule has 1 N–H and O–H groups in total. The molecule has 9 heteroatoms. The van der Waals surface area contributed by atoms with Crippen LogP contribution in [0.5, 0.6) is 0 Å². The molecule has 3 heterocycles. The highest BCUT2D eigenvalue weighted by molar-refractivity contribution is 7.16. The van der Waals surface area contributed by atoms with Crippen molar-refractivity contribution in [1.82, 2.24) is 24.3 Å². The number of nitrogens with one attached hydrogen (secondary N) is 1. The second-order valence-corrected chi connectivity index (χ2v) is 7.72. The Morgan fingerprint density at radius 3 is 2.71 bits per heavy atom. The molecular weight excluding hydrogens is 376 g/mol. The number of hydrogen-bond donors (Lipinski definition) is 1. The molecule has 0 radical (unpaired) electrons. The van der Waals surface area contributed by atoms with Crippen LogP contribution >= 0.6 is 11.3 Å². The Bertz CT molecular complexity index is 1240. The van der Waals surface area contributed by atoms with E-state index in [2.05, 4.69) is 20.4 Å². The molecule has 0 unspecified atom stereocenters. The van der Waals surface area contributed by atoms with Gasteiger partial charge in [0, 0.05) is 17.5 Å². The average Bonchev–Trinajstić information content (AvgIpc) is 3.21. The highest BCUT2D eigenvalue weighted by Gasteiger charge is 2.14. The molecule has 0 aliphatic carbocycles. The van der Waals surface area contributed by atoms with Gasteiger partial charge in [0.2, 0.25) is 5.91 Å². The van der Waals surface area contributed by atoms with Gasteiger partial charge in [0.05, 0.1) is 11.9 Å². The molecule has 1 amide bonds. The summed E-state index contributed by atoms with van der Waals surface area (Å²) in [5, 5.41) is 7.68. The highest BCUT2D eigenvalue weighted by atomic mass is 32.1. The van der Waals surface area contributed by atoms with E-state index in [9.17, 15) is 9.59 Å². The number of aryl methyl sites for hydroxylation is 3. The van der Waals surface area contributed by atoms with Crippen molar-refractivity contribution in [3.8, 4) is 11.3 Å². The van der Waals surface area contributed by atoms with Crippen molar-refractivity contribution in [2.24, 2.45) is 7.05 Å². The zero-order chi connectivity index (χ0) is 19.8.